The van der Waals surface area contributed by atoms with Crippen molar-refractivity contribution in [1.82, 2.24) is 4.68 Å². The van der Waals surface area contributed by atoms with E-state index in [2.05, 4.69) is 16.1 Å². The molecule has 10 nitrogen and oxygen atoms in total. The lowest BCUT2D eigenvalue weighted by atomic mass is 10.1. The number of benzene rings is 3. The summed E-state index contributed by atoms with van der Waals surface area (Å²) in [7, 11) is 1.48. The molecule has 3 aromatic carbocycles. The second-order valence-electron chi connectivity index (χ2n) is 8.50. The second kappa shape index (κ2) is 9.57. The molecule has 0 bridgehead atoms. The number of aryl methyl sites for hydroxylation is 2. The summed E-state index contributed by atoms with van der Waals surface area (Å²) in [5.41, 5.74) is 6.02. The molecule has 10 heteroatoms. The van der Waals surface area contributed by atoms with Crippen LogP contribution in [0.5, 0.6) is 17.2 Å². The molecule has 0 spiro atoms. The number of methoxy groups -OCH3 is 1. The molecule has 1 aromatic heterocycles. The number of nitrogens with zero attached hydrogens (tertiary/aromatic N) is 1. The number of carbonyl (C=O) groups excluding carboxylic acids is 3. The number of nitrogens with one attached hydrogen (secondary N) is 3. The third-order valence-corrected chi connectivity index (χ3v) is 5.92. The predicted molar refractivity (Wildman–Crippen MR) is 138 cm³/mol. The monoisotopic (exact) mass is 500 g/mol. The van der Waals surface area contributed by atoms with Crippen LogP contribution in [-0.4, -0.2) is 36.3 Å². The summed E-state index contributed by atoms with van der Waals surface area (Å²) in [6, 6.07) is 17.3. The number of ether oxygens (including phenoxy) is 3. The first-order valence-electron chi connectivity index (χ1n) is 11.4. The molecule has 37 heavy (non-hydrogen) atoms. The molecule has 0 atom stereocenters. The van der Waals surface area contributed by atoms with Crippen molar-refractivity contribution in [1.29, 1.82) is 0 Å². The van der Waals surface area contributed by atoms with Gasteiger partial charge in [0.1, 0.15) is 17.0 Å². The van der Waals surface area contributed by atoms with Crippen molar-refractivity contribution in [3.63, 3.8) is 0 Å². The second-order valence-corrected chi connectivity index (χ2v) is 8.50. The van der Waals surface area contributed by atoms with E-state index in [-0.39, 0.29) is 12.5 Å². The van der Waals surface area contributed by atoms with Crippen molar-refractivity contribution < 1.29 is 28.6 Å². The molecule has 0 saturated carbocycles. The molecule has 1 aliphatic heterocycles. The molecule has 1 aliphatic rings. The summed E-state index contributed by atoms with van der Waals surface area (Å²) >= 11 is 0. The zero-order valence-corrected chi connectivity index (χ0v) is 20.4. The number of rotatable bonds is 5. The van der Waals surface area contributed by atoms with Crippen molar-refractivity contribution in [3.8, 4) is 17.2 Å². The fourth-order valence-electron chi connectivity index (χ4n) is 4.13. The molecule has 0 saturated heterocycles. The number of aromatic nitrogens is 1. The van der Waals surface area contributed by atoms with Crippen molar-refractivity contribution in [2.24, 2.45) is 0 Å². The molecule has 4 aromatic rings. The van der Waals surface area contributed by atoms with Crippen LogP contribution in [0.1, 0.15) is 21.6 Å². The average molecular weight is 501 g/mol. The summed E-state index contributed by atoms with van der Waals surface area (Å²) in [5, 5.41) is 6.05. The van der Waals surface area contributed by atoms with Gasteiger partial charge in [0.2, 0.25) is 6.79 Å². The van der Waals surface area contributed by atoms with E-state index in [0.29, 0.717) is 39.5 Å². The Morgan fingerprint density at radius 1 is 0.892 bits per heavy atom. The Balaban J connectivity index is 1.44. The zero-order chi connectivity index (χ0) is 26.1. The Morgan fingerprint density at radius 3 is 2.49 bits per heavy atom. The minimum atomic E-state index is -0.985. The molecular formula is C27H24N4O6. The Morgan fingerprint density at radius 2 is 1.70 bits per heavy atom. The number of anilines is 2. The van der Waals surface area contributed by atoms with Gasteiger partial charge in [-0.2, -0.15) is 0 Å². The summed E-state index contributed by atoms with van der Waals surface area (Å²) < 4.78 is 17.3. The number of hydrogen-bond donors (Lipinski definition) is 3. The quantitative estimate of drug-likeness (QED) is 0.357. The van der Waals surface area contributed by atoms with Crippen LogP contribution in [0, 0.1) is 13.8 Å². The fraction of sp³-hybridized carbons (Fsp3) is 0.148. The minimum absolute atomic E-state index is 0.0860. The molecular weight excluding hydrogens is 476 g/mol. The van der Waals surface area contributed by atoms with Crippen LogP contribution in [0.15, 0.2) is 60.7 Å². The highest BCUT2D eigenvalue weighted by molar-refractivity contribution is 6.42. The first-order chi connectivity index (χ1) is 17.8. The number of amides is 3. The topological polar surface area (TPSA) is 120 Å². The van der Waals surface area contributed by atoms with Crippen LogP contribution >= 0.6 is 0 Å². The van der Waals surface area contributed by atoms with Gasteiger partial charge in [-0.05, 0) is 49.7 Å². The third-order valence-electron chi connectivity index (χ3n) is 5.92. The van der Waals surface area contributed by atoms with Gasteiger partial charge in [0.25, 0.3) is 5.91 Å². The molecule has 3 N–H and O–H groups in total. The van der Waals surface area contributed by atoms with Crippen LogP contribution in [0.3, 0.4) is 0 Å². The molecule has 2 heterocycles. The van der Waals surface area contributed by atoms with E-state index in [1.165, 1.54) is 11.8 Å². The lowest BCUT2D eigenvalue weighted by Crippen LogP contribution is -2.36. The molecule has 0 radical (unpaired) electrons. The van der Waals surface area contributed by atoms with Crippen LogP contribution in [0.25, 0.3) is 10.9 Å². The molecule has 3 amide bonds. The standard InChI is InChI=1S/C27H24N4O6/c1-15-7-9-19(16(2)11-15)29-25(32)20-12-17-5-4-6-22(35-3)24(17)31(20)30-27(34)26(33)28-18-8-10-21-23(13-18)37-14-36-21/h4-13H,14H2,1-3H3,(H,28,33)(H,29,32)(H,30,34). The van der Waals surface area contributed by atoms with Gasteiger partial charge < -0.3 is 24.8 Å². The van der Waals surface area contributed by atoms with Gasteiger partial charge in [-0.3, -0.25) is 19.8 Å². The summed E-state index contributed by atoms with van der Waals surface area (Å²) in [4.78, 5) is 39.0. The van der Waals surface area contributed by atoms with E-state index in [1.807, 2.05) is 32.0 Å². The first-order valence-corrected chi connectivity index (χ1v) is 11.4. The van der Waals surface area contributed by atoms with Crippen molar-refractivity contribution in [3.05, 3.63) is 77.5 Å². The van der Waals surface area contributed by atoms with E-state index in [0.717, 1.165) is 11.1 Å². The van der Waals surface area contributed by atoms with Crippen LogP contribution in [0.2, 0.25) is 0 Å². The van der Waals surface area contributed by atoms with Crippen LogP contribution in [0.4, 0.5) is 11.4 Å². The van der Waals surface area contributed by atoms with Gasteiger partial charge in [0.05, 0.1) is 7.11 Å². The largest absolute Gasteiger partial charge is 0.494 e. The highest BCUT2D eigenvalue weighted by atomic mass is 16.7. The van der Waals surface area contributed by atoms with Gasteiger partial charge in [0, 0.05) is 22.8 Å². The maximum atomic E-state index is 13.3. The number of fused-ring (bicyclic) bond motifs is 2. The van der Waals surface area contributed by atoms with E-state index in [9.17, 15) is 14.4 Å². The SMILES string of the molecule is COc1cccc2cc(C(=O)Nc3ccc(C)cc3C)n(NC(=O)C(=O)Nc3ccc4c(c3)OCO4)c12. The van der Waals surface area contributed by atoms with E-state index >= 15 is 0 Å². The van der Waals surface area contributed by atoms with Gasteiger partial charge in [-0.15, -0.1) is 0 Å². The van der Waals surface area contributed by atoms with Crippen LogP contribution in [-0.2, 0) is 9.59 Å². The Kier molecular flexibility index (Phi) is 6.14. The van der Waals surface area contributed by atoms with Crippen molar-refractivity contribution in [2.45, 2.75) is 13.8 Å². The summed E-state index contributed by atoms with van der Waals surface area (Å²) in [5.74, 6) is -0.961. The van der Waals surface area contributed by atoms with Gasteiger partial charge >= 0.3 is 11.8 Å². The molecule has 0 aliphatic carbocycles. The molecule has 0 fully saturated rings. The van der Waals surface area contributed by atoms with Gasteiger partial charge in [-0.1, -0.05) is 29.8 Å². The normalized spacial score (nSPS) is 11.8. The smallest absolute Gasteiger partial charge is 0.328 e. The van der Waals surface area contributed by atoms with Gasteiger partial charge in [0.15, 0.2) is 11.5 Å². The Labute approximate surface area is 212 Å². The summed E-state index contributed by atoms with van der Waals surface area (Å²) in [6.45, 7) is 3.94. The highest BCUT2D eigenvalue weighted by Gasteiger charge is 2.24. The number of para-hydroxylation sites is 1. The molecule has 5 rings (SSSR count). The third kappa shape index (κ3) is 4.64. The van der Waals surface area contributed by atoms with E-state index in [1.54, 1.807) is 42.5 Å². The summed E-state index contributed by atoms with van der Waals surface area (Å²) in [6.07, 6.45) is 0. The van der Waals surface area contributed by atoms with E-state index in [4.69, 9.17) is 14.2 Å². The lowest BCUT2D eigenvalue weighted by Gasteiger charge is -2.15. The number of hydrogen-bond acceptors (Lipinski definition) is 6. The van der Waals surface area contributed by atoms with Gasteiger partial charge in [-0.25, -0.2) is 4.68 Å². The predicted octanol–water partition coefficient (Wildman–Crippen LogP) is 3.96. The zero-order valence-electron chi connectivity index (χ0n) is 20.4. The van der Waals surface area contributed by atoms with Crippen molar-refractivity contribution >= 4 is 40.0 Å². The average Bonchev–Trinajstić information content (AvgIpc) is 3.50. The number of carbonyl (C=O) groups is 3. The Bertz CT molecular complexity index is 1560. The maximum absolute atomic E-state index is 13.3. The van der Waals surface area contributed by atoms with Crippen LogP contribution < -0.4 is 30.3 Å². The fourth-order valence-corrected chi connectivity index (χ4v) is 4.13. The first kappa shape index (κ1) is 23.7. The molecule has 0 unspecified atom stereocenters. The highest BCUT2D eigenvalue weighted by Crippen LogP contribution is 2.34. The lowest BCUT2D eigenvalue weighted by molar-refractivity contribution is -0.133. The van der Waals surface area contributed by atoms with Crippen molar-refractivity contribution in [2.75, 3.05) is 30.0 Å². The molecule has 188 valence electrons. The Hall–Kier alpha value is -4.99. The minimum Gasteiger partial charge on any atom is -0.494 e. The maximum Gasteiger partial charge on any atom is 0.328 e. The van der Waals surface area contributed by atoms with E-state index < -0.39 is 17.7 Å².